The summed E-state index contributed by atoms with van der Waals surface area (Å²) in [6.07, 6.45) is -3.96. The van der Waals surface area contributed by atoms with Gasteiger partial charge in [0, 0.05) is 25.2 Å². The number of hydrogen-bond donors (Lipinski definition) is 3. The van der Waals surface area contributed by atoms with Gasteiger partial charge in [-0.05, 0) is 49.5 Å². The Morgan fingerprint density at radius 1 is 1.20 bits per heavy atom. The number of para-hydroxylation sites is 1. The zero-order chi connectivity index (χ0) is 21.7. The van der Waals surface area contributed by atoms with Crippen LogP contribution in [0.3, 0.4) is 0 Å². The van der Waals surface area contributed by atoms with Crippen molar-refractivity contribution in [1.82, 2.24) is 20.1 Å². The summed E-state index contributed by atoms with van der Waals surface area (Å²) < 4.78 is 41.2. The molecule has 158 valence electrons. The second-order valence-corrected chi connectivity index (χ2v) is 6.83. The Kier molecular flexibility index (Phi) is 6.56. The van der Waals surface area contributed by atoms with E-state index in [1.54, 1.807) is 24.3 Å². The first-order valence-corrected chi connectivity index (χ1v) is 9.66. The molecule has 0 unspecified atom stereocenters. The summed E-state index contributed by atoms with van der Waals surface area (Å²) in [5.41, 5.74) is 0.206. The average Bonchev–Trinajstić information content (AvgIpc) is 3.07. The molecular weight excluding hydrogens is 415 g/mol. The molecule has 0 atom stereocenters. The molecule has 3 aromatic rings. The SMILES string of the molecule is CCn1c(CCNC(=O)c2ccccc2Nc2cccc(C(F)(F)F)c2)n[nH]c1=S. The van der Waals surface area contributed by atoms with Crippen LogP contribution in [0.1, 0.15) is 28.7 Å². The number of alkyl halides is 3. The van der Waals surface area contributed by atoms with Gasteiger partial charge in [-0.1, -0.05) is 18.2 Å². The van der Waals surface area contributed by atoms with Gasteiger partial charge >= 0.3 is 6.18 Å². The van der Waals surface area contributed by atoms with Gasteiger partial charge in [0.1, 0.15) is 5.82 Å². The maximum absolute atomic E-state index is 12.9. The van der Waals surface area contributed by atoms with E-state index in [1.807, 2.05) is 11.5 Å². The predicted octanol–water partition coefficient (Wildman–Crippen LogP) is 4.70. The standard InChI is InChI=1S/C20H20F3N5OS/c1-2-28-17(26-27-19(28)30)10-11-24-18(29)15-8-3-4-9-16(15)25-14-7-5-6-13(12-14)20(21,22)23/h3-9,12,25H,2,10-11H2,1H3,(H,24,29)(H,27,30). The van der Waals surface area contributed by atoms with E-state index in [9.17, 15) is 18.0 Å². The molecular formula is C20H20F3N5OS. The Balaban J connectivity index is 1.70. The number of carbonyl (C=O) groups excluding carboxylic acids is 1. The van der Waals surface area contributed by atoms with Crippen LogP contribution >= 0.6 is 12.2 Å². The normalized spacial score (nSPS) is 11.3. The number of benzene rings is 2. The fourth-order valence-corrected chi connectivity index (χ4v) is 3.25. The van der Waals surface area contributed by atoms with Crippen molar-refractivity contribution in [3.05, 3.63) is 70.3 Å². The van der Waals surface area contributed by atoms with Gasteiger partial charge in [0.25, 0.3) is 5.91 Å². The fourth-order valence-electron chi connectivity index (χ4n) is 2.97. The van der Waals surface area contributed by atoms with Crippen molar-refractivity contribution in [1.29, 1.82) is 0 Å². The highest BCUT2D eigenvalue weighted by atomic mass is 32.1. The number of carbonyl (C=O) groups is 1. The van der Waals surface area contributed by atoms with Crippen molar-refractivity contribution in [2.75, 3.05) is 11.9 Å². The van der Waals surface area contributed by atoms with Crippen molar-refractivity contribution in [2.24, 2.45) is 0 Å². The van der Waals surface area contributed by atoms with Crippen LogP contribution in [0.4, 0.5) is 24.5 Å². The smallest absolute Gasteiger partial charge is 0.355 e. The fraction of sp³-hybridized carbons (Fsp3) is 0.250. The lowest BCUT2D eigenvalue weighted by Gasteiger charge is -2.14. The lowest BCUT2D eigenvalue weighted by Crippen LogP contribution is -2.27. The molecule has 0 aliphatic heterocycles. The van der Waals surface area contributed by atoms with E-state index in [0.29, 0.717) is 35.5 Å². The van der Waals surface area contributed by atoms with Gasteiger partial charge in [-0.15, -0.1) is 0 Å². The number of halogens is 3. The van der Waals surface area contributed by atoms with Gasteiger partial charge in [-0.2, -0.15) is 18.3 Å². The van der Waals surface area contributed by atoms with E-state index in [2.05, 4.69) is 20.8 Å². The van der Waals surface area contributed by atoms with E-state index >= 15 is 0 Å². The second-order valence-electron chi connectivity index (χ2n) is 6.44. The summed E-state index contributed by atoms with van der Waals surface area (Å²) in [5, 5.41) is 12.6. The molecule has 1 aromatic heterocycles. The Hall–Kier alpha value is -3.14. The first-order valence-electron chi connectivity index (χ1n) is 9.25. The van der Waals surface area contributed by atoms with Gasteiger partial charge in [-0.25, -0.2) is 0 Å². The highest BCUT2D eigenvalue weighted by molar-refractivity contribution is 7.71. The molecule has 6 nitrogen and oxygen atoms in total. The molecule has 3 rings (SSSR count). The number of rotatable bonds is 7. The highest BCUT2D eigenvalue weighted by Gasteiger charge is 2.30. The number of anilines is 2. The van der Waals surface area contributed by atoms with Crippen LogP contribution in [-0.4, -0.2) is 27.2 Å². The molecule has 10 heteroatoms. The van der Waals surface area contributed by atoms with Crippen molar-refractivity contribution < 1.29 is 18.0 Å². The van der Waals surface area contributed by atoms with E-state index in [0.717, 1.165) is 18.0 Å². The summed E-state index contributed by atoms with van der Waals surface area (Å²) >= 11 is 5.14. The Bertz CT molecular complexity index is 1090. The third-order valence-corrected chi connectivity index (χ3v) is 4.74. The van der Waals surface area contributed by atoms with E-state index in [1.165, 1.54) is 12.1 Å². The quantitative estimate of drug-likeness (QED) is 0.471. The number of nitrogens with zero attached hydrogens (tertiary/aromatic N) is 2. The molecule has 1 amide bonds. The summed E-state index contributed by atoms with van der Waals surface area (Å²) in [4.78, 5) is 12.6. The molecule has 0 saturated carbocycles. The van der Waals surface area contributed by atoms with Gasteiger partial charge < -0.3 is 15.2 Å². The van der Waals surface area contributed by atoms with E-state index in [4.69, 9.17) is 12.2 Å². The zero-order valence-corrected chi connectivity index (χ0v) is 16.9. The van der Waals surface area contributed by atoms with Gasteiger partial charge in [0.15, 0.2) is 4.77 Å². The van der Waals surface area contributed by atoms with Crippen LogP contribution in [-0.2, 0) is 19.1 Å². The lowest BCUT2D eigenvalue weighted by atomic mass is 10.1. The largest absolute Gasteiger partial charge is 0.416 e. The van der Waals surface area contributed by atoms with Crippen molar-refractivity contribution in [2.45, 2.75) is 26.1 Å². The lowest BCUT2D eigenvalue weighted by molar-refractivity contribution is -0.137. The van der Waals surface area contributed by atoms with Crippen molar-refractivity contribution >= 4 is 29.5 Å². The summed E-state index contributed by atoms with van der Waals surface area (Å²) in [6.45, 7) is 2.95. The van der Waals surface area contributed by atoms with Crippen LogP contribution in [0.5, 0.6) is 0 Å². The second kappa shape index (κ2) is 9.12. The van der Waals surface area contributed by atoms with Crippen LogP contribution in [0.2, 0.25) is 0 Å². The molecule has 30 heavy (non-hydrogen) atoms. The molecule has 0 saturated heterocycles. The Morgan fingerprint density at radius 2 is 1.97 bits per heavy atom. The first-order chi connectivity index (χ1) is 14.3. The van der Waals surface area contributed by atoms with Crippen LogP contribution in [0.15, 0.2) is 48.5 Å². The monoisotopic (exact) mass is 435 g/mol. The summed E-state index contributed by atoms with van der Waals surface area (Å²) in [7, 11) is 0. The minimum absolute atomic E-state index is 0.239. The molecule has 0 radical (unpaired) electrons. The van der Waals surface area contributed by atoms with Gasteiger partial charge in [-0.3, -0.25) is 9.89 Å². The number of aromatic nitrogens is 3. The number of H-pyrrole nitrogens is 1. The van der Waals surface area contributed by atoms with Gasteiger partial charge in [0.05, 0.1) is 16.8 Å². The zero-order valence-electron chi connectivity index (χ0n) is 16.1. The van der Waals surface area contributed by atoms with Crippen LogP contribution < -0.4 is 10.6 Å². The third kappa shape index (κ3) is 5.07. The van der Waals surface area contributed by atoms with E-state index < -0.39 is 11.7 Å². The maximum atomic E-state index is 12.9. The molecule has 0 aliphatic carbocycles. The van der Waals surface area contributed by atoms with Crippen molar-refractivity contribution in [3.63, 3.8) is 0 Å². The Labute approximate surface area is 176 Å². The average molecular weight is 435 g/mol. The van der Waals surface area contributed by atoms with Crippen LogP contribution in [0.25, 0.3) is 0 Å². The maximum Gasteiger partial charge on any atom is 0.416 e. The molecule has 0 spiro atoms. The minimum Gasteiger partial charge on any atom is -0.355 e. The topological polar surface area (TPSA) is 74.7 Å². The Morgan fingerprint density at radius 3 is 2.70 bits per heavy atom. The molecule has 0 bridgehead atoms. The number of hydrogen-bond acceptors (Lipinski definition) is 4. The minimum atomic E-state index is -4.44. The van der Waals surface area contributed by atoms with Crippen LogP contribution in [0, 0.1) is 4.77 Å². The number of aromatic amines is 1. The molecule has 2 aromatic carbocycles. The molecule has 1 heterocycles. The molecule has 3 N–H and O–H groups in total. The van der Waals surface area contributed by atoms with E-state index in [-0.39, 0.29) is 11.6 Å². The number of amides is 1. The first kappa shape index (κ1) is 21.6. The summed E-state index contributed by atoms with van der Waals surface area (Å²) in [5.74, 6) is 0.389. The number of nitrogens with one attached hydrogen (secondary N) is 3. The van der Waals surface area contributed by atoms with Gasteiger partial charge in [0.2, 0.25) is 0 Å². The highest BCUT2D eigenvalue weighted by Crippen LogP contribution is 2.31. The predicted molar refractivity (Wildman–Crippen MR) is 110 cm³/mol. The summed E-state index contributed by atoms with van der Waals surface area (Å²) in [6, 6.07) is 11.5. The third-order valence-electron chi connectivity index (χ3n) is 4.43. The van der Waals surface area contributed by atoms with Crippen molar-refractivity contribution in [3.8, 4) is 0 Å². The molecule has 0 fully saturated rings. The molecule has 0 aliphatic rings.